The first-order chi connectivity index (χ1) is 26.8. The maximum absolute atomic E-state index is 5.02. The Labute approximate surface area is 312 Å². The average Bonchev–Trinajstić information content (AvgIpc) is 3.25. The van der Waals surface area contributed by atoms with Crippen molar-refractivity contribution >= 4 is 64.6 Å². The fourth-order valence-electron chi connectivity index (χ4n) is 8.71. The summed E-state index contributed by atoms with van der Waals surface area (Å²) in [5.74, 6) is 0. The second kappa shape index (κ2) is 12.2. The quantitative estimate of drug-likeness (QED) is 0.136. The smallest absolute Gasteiger partial charge is 0.0702 e. The second-order valence-corrected chi connectivity index (χ2v) is 14.1. The van der Waals surface area contributed by atoms with Crippen LogP contribution in [0.2, 0.25) is 0 Å². The van der Waals surface area contributed by atoms with E-state index in [1.165, 1.54) is 86.9 Å². The van der Waals surface area contributed by atoms with Crippen LogP contribution >= 0.6 is 0 Å². The molecule has 0 atom stereocenters. The van der Waals surface area contributed by atoms with E-state index in [-0.39, 0.29) is 0 Å². The van der Waals surface area contributed by atoms with Crippen molar-refractivity contribution in [1.29, 1.82) is 0 Å². The summed E-state index contributed by atoms with van der Waals surface area (Å²) in [6, 6.07) is 64.3. The normalized spacial score (nSPS) is 11.7. The van der Waals surface area contributed by atoms with Crippen LogP contribution in [0.1, 0.15) is 0 Å². The molecule has 0 fully saturated rings. The van der Waals surface area contributed by atoms with Gasteiger partial charge in [0.1, 0.15) is 0 Å². The molecule has 0 aliphatic carbocycles. The standard InChI is InChI=1S/C52H32N2/c1-3-15-38-33(12-1)28-47(42-19-7-5-17-40(38)42)51-44-21-9-10-22-45(44)52(48-29-34-13-2-4-16-39(34)41-18-6-8-20-43(41)48)49-30-35(23-25-46(49)51)50-26-24-37(32-54-50)36-14-11-27-53-31-36/h1-32H. The molecule has 0 saturated carbocycles. The van der Waals surface area contributed by atoms with Crippen molar-refractivity contribution in [2.24, 2.45) is 0 Å². The fraction of sp³-hybridized carbons (Fsp3) is 0. The van der Waals surface area contributed by atoms with Crippen molar-refractivity contribution in [3.8, 4) is 44.6 Å². The molecule has 54 heavy (non-hydrogen) atoms. The lowest BCUT2D eigenvalue weighted by Gasteiger charge is -2.21. The Kier molecular flexibility index (Phi) is 6.90. The largest absolute Gasteiger partial charge is 0.264 e. The summed E-state index contributed by atoms with van der Waals surface area (Å²) >= 11 is 0. The third-order valence-electron chi connectivity index (χ3n) is 11.2. The van der Waals surface area contributed by atoms with Gasteiger partial charge < -0.3 is 0 Å². The van der Waals surface area contributed by atoms with Crippen LogP contribution < -0.4 is 0 Å². The molecule has 0 unspecified atom stereocenters. The highest BCUT2D eigenvalue weighted by atomic mass is 14.7. The molecular weight excluding hydrogens is 653 g/mol. The zero-order chi connectivity index (χ0) is 35.6. The molecule has 250 valence electrons. The summed E-state index contributed by atoms with van der Waals surface area (Å²) in [4.78, 5) is 9.34. The number of nitrogens with zero attached hydrogens (tertiary/aromatic N) is 2. The van der Waals surface area contributed by atoms with Gasteiger partial charge in [0.2, 0.25) is 0 Å². The van der Waals surface area contributed by atoms with Crippen molar-refractivity contribution in [2.45, 2.75) is 0 Å². The van der Waals surface area contributed by atoms with Crippen LogP contribution in [0, 0.1) is 0 Å². The molecule has 0 saturated heterocycles. The molecule has 2 heterocycles. The second-order valence-electron chi connectivity index (χ2n) is 14.1. The molecular formula is C52H32N2. The van der Waals surface area contributed by atoms with Crippen LogP contribution in [0.25, 0.3) is 109 Å². The van der Waals surface area contributed by atoms with Crippen LogP contribution in [0.4, 0.5) is 0 Å². The summed E-state index contributed by atoms with van der Waals surface area (Å²) in [5.41, 5.74) is 9.09. The van der Waals surface area contributed by atoms with Crippen molar-refractivity contribution < 1.29 is 0 Å². The van der Waals surface area contributed by atoms with Gasteiger partial charge in [-0.05, 0) is 117 Å². The van der Waals surface area contributed by atoms with Crippen LogP contribution in [-0.4, -0.2) is 9.97 Å². The van der Waals surface area contributed by atoms with Gasteiger partial charge in [-0.15, -0.1) is 0 Å². The maximum Gasteiger partial charge on any atom is 0.0702 e. The van der Waals surface area contributed by atoms with Gasteiger partial charge in [-0.1, -0.05) is 146 Å². The molecule has 0 N–H and O–H groups in total. The Hall–Kier alpha value is -7.16. The SMILES string of the molecule is c1cncc(-c2ccc(-c3ccc4c(-c5cc6ccccc6c6ccccc56)c5ccccc5c(-c5cc6ccccc6c6ccccc56)c4c3)nc2)c1. The van der Waals surface area contributed by atoms with E-state index in [1.807, 2.05) is 18.5 Å². The van der Waals surface area contributed by atoms with Gasteiger partial charge in [-0.2, -0.15) is 0 Å². The predicted molar refractivity (Wildman–Crippen MR) is 229 cm³/mol. The number of pyridine rings is 2. The molecule has 0 amide bonds. The van der Waals surface area contributed by atoms with E-state index in [4.69, 9.17) is 4.98 Å². The van der Waals surface area contributed by atoms with Gasteiger partial charge >= 0.3 is 0 Å². The van der Waals surface area contributed by atoms with E-state index in [0.717, 1.165) is 22.4 Å². The maximum atomic E-state index is 5.02. The van der Waals surface area contributed by atoms with Gasteiger partial charge in [0.15, 0.2) is 0 Å². The molecule has 9 aromatic carbocycles. The van der Waals surface area contributed by atoms with E-state index in [0.29, 0.717) is 0 Å². The minimum atomic E-state index is 0.935. The Morgan fingerprint density at radius 2 is 0.778 bits per heavy atom. The molecule has 0 spiro atoms. The first-order valence-corrected chi connectivity index (χ1v) is 18.5. The first kappa shape index (κ1) is 30.5. The first-order valence-electron chi connectivity index (χ1n) is 18.5. The molecule has 2 nitrogen and oxygen atoms in total. The van der Waals surface area contributed by atoms with E-state index in [1.54, 1.807) is 6.20 Å². The summed E-state index contributed by atoms with van der Waals surface area (Å²) in [6.07, 6.45) is 5.65. The summed E-state index contributed by atoms with van der Waals surface area (Å²) in [6.45, 7) is 0. The molecule has 0 aliphatic rings. The fourth-order valence-corrected chi connectivity index (χ4v) is 8.71. The zero-order valence-electron chi connectivity index (χ0n) is 29.4. The van der Waals surface area contributed by atoms with Crippen LogP contribution in [0.15, 0.2) is 195 Å². The Balaban J connectivity index is 1.28. The summed E-state index contributed by atoms with van der Waals surface area (Å²) in [5, 5.41) is 14.9. The van der Waals surface area contributed by atoms with Crippen molar-refractivity contribution in [3.63, 3.8) is 0 Å². The lowest BCUT2D eigenvalue weighted by Crippen LogP contribution is -1.94. The molecule has 2 aromatic heterocycles. The van der Waals surface area contributed by atoms with E-state index < -0.39 is 0 Å². The van der Waals surface area contributed by atoms with E-state index >= 15 is 0 Å². The Bertz CT molecular complexity index is 3250. The topological polar surface area (TPSA) is 25.8 Å². The average molecular weight is 685 g/mol. The van der Waals surface area contributed by atoms with E-state index in [2.05, 4.69) is 175 Å². The highest BCUT2D eigenvalue weighted by Crippen LogP contribution is 2.49. The Morgan fingerprint density at radius 3 is 1.33 bits per heavy atom. The number of hydrogen-bond donors (Lipinski definition) is 0. The van der Waals surface area contributed by atoms with Gasteiger partial charge in [-0.25, -0.2) is 0 Å². The molecule has 11 rings (SSSR count). The third-order valence-corrected chi connectivity index (χ3v) is 11.2. The highest BCUT2D eigenvalue weighted by Gasteiger charge is 2.21. The van der Waals surface area contributed by atoms with Crippen LogP contribution in [-0.2, 0) is 0 Å². The Morgan fingerprint density at radius 1 is 0.296 bits per heavy atom. The van der Waals surface area contributed by atoms with E-state index in [9.17, 15) is 0 Å². The number of fused-ring (bicyclic) bond motifs is 8. The molecule has 0 bridgehead atoms. The number of aromatic nitrogens is 2. The summed E-state index contributed by atoms with van der Waals surface area (Å²) in [7, 11) is 0. The third kappa shape index (κ3) is 4.74. The predicted octanol–water partition coefficient (Wildman–Crippen LogP) is 14.1. The molecule has 0 aliphatic heterocycles. The molecule has 2 heteroatoms. The summed E-state index contributed by atoms with van der Waals surface area (Å²) < 4.78 is 0. The van der Waals surface area contributed by atoms with Gasteiger partial charge in [0, 0.05) is 35.3 Å². The zero-order valence-corrected chi connectivity index (χ0v) is 29.4. The van der Waals surface area contributed by atoms with Gasteiger partial charge in [0.25, 0.3) is 0 Å². The number of hydrogen-bond acceptors (Lipinski definition) is 2. The van der Waals surface area contributed by atoms with Crippen molar-refractivity contribution in [3.05, 3.63) is 195 Å². The van der Waals surface area contributed by atoms with Crippen LogP contribution in [0.5, 0.6) is 0 Å². The lowest BCUT2D eigenvalue weighted by molar-refractivity contribution is 1.30. The van der Waals surface area contributed by atoms with Gasteiger partial charge in [-0.3, -0.25) is 9.97 Å². The monoisotopic (exact) mass is 684 g/mol. The number of rotatable bonds is 4. The molecule has 11 aromatic rings. The van der Waals surface area contributed by atoms with Gasteiger partial charge in [0.05, 0.1) is 5.69 Å². The number of benzene rings is 9. The molecule has 0 radical (unpaired) electrons. The van der Waals surface area contributed by atoms with Crippen molar-refractivity contribution in [2.75, 3.05) is 0 Å². The van der Waals surface area contributed by atoms with Crippen LogP contribution in [0.3, 0.4) is 0 Å². The highest BCUT2D eigenvalue weighted by molar-refractivity contribution is 6.28. The minimum Gasteiger partial charge on any atom is -0.264 e. The van der Waals surface area contributed by atoms with Crippen molar-refractivity contribution in [1.82, 2.24) is 9.97 Å². The minimum absolute atomic E-state index is 0.935. The lowest BCUT2D eigenvalue weighted by atomic mass is 9.82.